The molecule has 262 valence electrons. The lowest BCUT2D eigenvalue weighted by atomic mass is 10.1. The smallest absolute Gasteiger partial charge is 0.262 e. The average molecular weight is 737 g/mol. The summed E-state index contributed by atoms with van der Waals surface area (Å²) in [4.78, 5) is 37.0. The zero-order valence-corrected chi connectivity index (χ0v) is 28.3. The molecule has 0 unspecified atom stereocenters. The molecule has 0 aliphatic rings. The summed E-state index contributed by atoms with van der Waals surface area (Å²) >= 11 is 0. The Bertz CT molecular complexity index is 2660. The van der Waals surface area contributed by atoms with E-state index in [0.29, 0.717) is 44.1 Å². The quantitative estimate of drug-likeness (QED) is 0.143. The summed E-state index contributed by atoms with van der Waals surface area (Å²) in [6.45, 7) is 0.102. The lowest BCUT2D eigenvalue weighted by Gasteiger charge is -2.16. The predicted octanol–water partition coefficient (Wildman–Crippen LogP) is 4.22. The molecule has 0 bridgehead atoms. The Balaban J connectivity index is 1.26. The van der Waals surface area contributed by atoms with Gasteiger partial charge in [-0.1, -0.05) is 72.8 Å². The van der Waals surface area contributed by atoms with Crippen molar-refractivity contribution in [1.29, 1.82) is 0 Å². The maximum Gasteiger partial charge on any atom is 0.262 e. The zero-order valence-electron chi connectivity index (χ0n) is 26.6. The van der Waals surface area contributed by atoms with Crippen LogP contribution in [0, 0.1) is 0 Å². The molecule has 0 amide bonds. The Morgan fingerprint density at radius 3 is 1.29 bits per heavy atom. The number of rotatable bonds is 10. The van der Waals surface area contributed by atoms with Crippen molar-refractivity contribution in [2.45, 2.75) is 13.1 Å². The zero-order chi connectivity index (χ0) is 36.6. The molecule has 0 atom stereocenters. The van der Waals surface area contributed by atoms with Crippen LogP contribution in [0.3, 0.4) is 0 Å². The minimum Gasteiger partial charge on any atom is -0.716 e. The summed E-state index contributed by atoms with van der Waals surface area (Å²) in [5.41, 5.74) is 2.14. The molecule has 0 spiro atoms. The molecule has 2 heterocycles. The largest absolute Gasteiger partial charge is 0.716 e. The highest BCUT2D eigenvalue weighted by molar-refractivity contribution is 7.81. The van der Waals surface area contributed by atoms with Crippen LogP contribution in [0.25, 0.3) is 44.6 Å². The topological polar surface area (TPSA) is 203 Å². The minimum atomic E-state index is -5.05. The van der Waals surface area contributed by atoms with E-state index in [-0.39, 0.29) is 47.4 Å². The first kappa shape index (κ1) is 34.3. The number of benzene rings is 5. The molecule has 14 nitrogen and oxygen atoms in total. The fourth-order valence-corrected chi connectivity index (χ4v) is 6.47. The van der Waals surface area contributed by atoms with Crippen molar-refractivity contribution >= 4 is 42.6 Å². The number of hydrogen-bond acceptors (Lipinski definition) is 12. The molecular formula is C36H24N4O10S2-2. The predicted molar refractivity (Wildman–Crippen MR) is 188 cm³/mol. The molecule has 0 aliphatic carbocycles. The van der Waals surface area contributed by atoms with Gasteiger partial charge in [-0.25, -0.2) is 26.8 Å². The molecule has 16 heteroatoms. The standard InChI is InChI=1S/C36H26N4O10S2/c41-35-29-11-1-3-13-31(29)37-33(25-7-5-9-27(19-25)49-51(43,44)45)39(35)21-23-15-17-24(18-16-23)22-40-34(38-32-14-4-2-12-30(32)36(40)42)26-8-6-10-28(20-26)50-52(46,47)48/h1-20H,21-22H2,(H,43,44,45)(H,46,47,48)/p-2. The van der Waals surface area contributed by atoms with E-state index >= 15 is 0 Å². The maximum absolute atomic E-state index is 13.8. The molecule has 0 radical (unpaired) electrons. The first-order valence-corrected chi connectivity index (χ1v) is 18.1. The molecule has 7 rings (SSSR count). The summed E-state index contributed by atoms with van der Waals surface area (Å²) in [6.07, 6.45) is 0. The number of nitrogens with zero attached hydrogens (tertiary/aromatic N) is 4. The van der Waals surface area contributed by atoms with Crippen molar-refractivity contribution in [3.8, 4) is 34.3 Å². The monoisotopic (exact) mass is 736 g/mol. The summed E-state index contributed by atoms with van der Waals surface area (Å²) in [5.74, 6) is -0.0662. The summed E-state index contributed by atoms with van der Waals surface area (Å²) in [6, 6.07) is 32.0. The van der Waals surface area contributed by atoms with Crippen LogP contribution in [0.2, 0.25) is 0 Å². The van der Waals surface area contributed by atoms with Crippen LogP contribution in [-0.2, 0) is 33.9 Å². The van der Waals surface area contributed by atoms with E-state index in [4.69, 9.17) is 0 Å². The highest BCUT2D eigenvalue weighted by Crippen LogP contribution is 2.27. The van der Waals surface area contributed by atoms with Crippen LogP contribution in [0.4, 0.5) is 0 Å². The molecule has 0 aliphatic heterocycles. The van der Waals surface area contributed by atoms with Crippen LogP contribution in [-0.4, -0.2) is 45.0 Å². The third-order valence-electron chi connectivity index (χ3n) is 8.01. The van der Waals surface area contributed by atoms with Gasteiger partial charge in [0, 0.05) is 11.1 Å². The fourth-order valence-electron chi connectivity index (χ4n) is 5.80. The lowest BCUT2D eigenvalue weighted by Crippen LogP contribution is -2.25. The van der Waals surface area contributed by atoms with Crippen LogP contribution in [0.15, 0.2) is 131 Å². The van der Waals surface area contributed by atoms with Gasteiger partial charge in [0.05, 0.1) is 34.9 Å². The molecule has 0 N–H and O–H groups in total. The van der Waals surface area contributed by atoms with Crippen LogP contribution in [0.5, 0.6) is 11.5 Å². The first-order chi connectivity index (χ1) is 24.8. The van der Waals surface area contributed by atoms with Crippen molar-refractivity contribution in [3.63, 3.8) is 0 Å². The van der Waals surface area contributed by atoms with Gasteiger partial charge >= 0.3 is 0 Å². The van der Waals surface area contributed by atoms with Gasteiger partial charge in [-0.15, -0.1) is 0 Å². The molecule has 0 fully saturated rings. The molecule has 0 saturated carbocycles. The van der Waals surface area contributed by atoms with Gasteiger partial charge < -0.3 is 17.5 Å². The molecule has 0 saturated heterocycles. The number of hydrogen-bond donors (Lipinski definition) is 0. The van der Waals surface area contributed by atoms with Gasteiger partial charge in [0.25, 0.3) is 31.9 Å². The maximum atomic E-state index is 13.8. The summed E-state index contributed by atoms with van der Waals surface area (Å²) in [5, 5.41) is 0.714. The van der Waals surface area contributed by atoms with Gasteiger partial charge in [0.1, 0.15) is 23.1 Å². The molecule has 5 aromatic carbocycles. The Kier molecular flexibility index (Phi) is 8.89. The van der Waals surface area contributed by atoms with Crippen molar-refractivity contribution in [1.82, 2.24) is 19.1 Å². The first-order valence-electron chi connectivity index (χ1n) is 15.4. The molecular weight excluding hydrogens is 713 g/mol. The van der Waals surface area contributed by atoms with Gasteiger partial charge in [-0.2, -0.15) is 0 Å². The Morgan fingerprint density at radius 2 is 0.904 bits per heavy atom. The summed E-state index contributed by atoms with van der Waals surface area (Å²) < 4.78 is 79.4. The highest BCUT2D eigenvalue weighted by Gasteiger charge is 2.17. The average Bonchev–Trinajstić information content (AvgIpc) is 3.10. The van der Waals surface area contributed by atoms with E-state index in [1.165, 1.54) is 45.5 Å². The van der Waals surface area contributed by atoms with Crippen molar-refractivity contribution in [2.75, 3.05) is 0 Å². The second kappa shape index (κ2) is 13.5. The van der Waals surface area contributed by atoms with Crippen LogP contribution < -0.4 is 19.5 Å². The Hall–Kier alpha value is -6.20. The van der Waals surface area contributed by atoms with E-state index in [2.05, 4.69) is 18.3 Å². The fraction of sp³-hybridized carbons (Fsp3) is 0.0556. The van der Waals surface area contributed by atoms with E-state index in [9.17, 15) is 35.5 Å². The van der Waals surface area contributed by atoms with E-state index in [1.54, 1.807) is 84.9 Å². The van der Waals surface area contributed by atoms with Crippen molar-refractivity contribution in [3.05, 3.63) is 153 Å². The van der Waals surface area contributed by atoms with Crippen molar-refractivity contribution < 1.29 is 34.3 Å². The molecule has 52 heavy (non-hydrogen) atoms. The SMILES string of the molecule is O=c1c2ccccc2nc(-c2cccc(OS(=O)(=O)[O-])c2)n1Cc1ccc(Cn2c(-c3cccc(OS(=O)(=O)[O-])c3)nc3ccccc3c2=O)cc1. The van der Waals surface area contributed by atoms with Gasteiger partial charge in [0.2, 0.25) is 0 Å². The van der Waals surface area contributed by atoms with Crippen LogP contribution >= 0.6 is 0 Å². The van der Waals surface area contributed by atoms with Gasteiger partial charge in [-0.05, 0) is 59.7 Å². The third kappa shape index (κ3) is 7.45. The van der Waals surface area contributed by atoms with E-state index in [0.717, 1.165) is 0 Å². The van der Waals surface area contributed by atoms with Crippen LogP contribution in [0.1, 0.15) is 11.1 Å². The van der Waals surface area contributed by atoms with Crippen molar-refractivity contribution in [2.24, 2.45) is 0 Å². The number of fused-ring (bicyclic) bond motifs is 2. The van der Waals surface area contributed by atoms with E-state index < -0.39 is 20.8 Å². The third-order valence-corrected chi connectivity index (χ3v) is 8.80. The van der Waals surface area contributed by atoms with Gasteiger partial charge in [-0.3, -0.25) is 18.7 Å². The Labute approximate surface area is 295 Å². The second-order valence-electron chi connectivity index (χ2n) is 11.5. The van der Waals surface area contributed by atoms with Gasteiger partial charge in [0.15, 0.2) is 0 Å². The molecule has 7 aromatic rings. The highest BCUT2D eigenvalue weighted by atomic mass is 32.3. The lowest BCUT2D eigenvalue weighted by molar-refractivity contribution is 0.370. The Morgan fingerprint density at radius 1 is 0.519 bits per heavy atom. The normalized spacial score (nSPS) is 11.9. The number of aromatic nitrogens is 4. The number of para-hydroxylation sites is 2. The second-order valence-corrected chi connectivity index (χ2v) is 13.5. The van der Waals surface area contributed by atoms with E-state index in [1.807, 2.05) is 0 Å². The summed E-state index contributed by atoms with van der Waals surface area (Å²) in [7, 11) is -10.1. The minimum absolute atomic E-state index is 0.0510. The molecule has 2 aromatic heterocycles.